The van der Waals surface area contributed by atoms with E-state index >= 15 is 0 Å². The third-order valence-corrected chi connectivity index (χ3v) is 4.86. The highest BCUT2D eigenvalue weighted by Gasteiger charge is 2.40. The third kappa shape index (κ3) is 4.29. The lowest BCUT2D eigenvalue weighted by molar-refractivity contribution is -0.0624. The minimum atomic E-state index is -0.596. The Bertz CT molecular complexity index is 635. The van der Waals surface area contributed by atoms with Crippen LogP contribution >= 0.6 is 0 Å². The molecule has 1 aromatic carbocycles. The predicted octanol–water partition coefficient (Wildman–Crippen LogP) is 4.02. The maximum absolute atomic E-state index is 13.2. The molecular weight excluding hydrogens is 330 g/mol. The summed E-state index contributed by atoms with van der Waals surface area (Å²) in [6.45, 7) is 6.90. The first-order chi connectivity index (χ1) is 12.3. The summed E-state index contributed by atoms with van der Waals surface area (Å²) in [5.41, 5.74) is 0.392. The van der Waals surface area contributed by atoms with Crippen LogP contribution in [0.4, 0.5) is 9.59 Å². The average Bonchev–Trinajstić information content (AvgIpc) is 3.10. The number of hydrogen-bond donors (Lipinski definition) is 0. The zero-order valence-corrected chi connectivity index (χ0v) is 16.0. The van der Waals surface area contributed by atoms with Gasteiger partial charge in [0.1, 0.15) is 5.60 Å². The van der Waals surface area contributed by atoms with E-state index in [4.69, 9.17) is 4.74 Å². The fraction of sp³-hybridized carbons (Fsp3) is 0.600. The largest absolute Gasteiger partial charge is 0.442 e. The van der Waals surface area contributed by atoms with Crippen molar-refractivity contribution in [1.29, 1.82) is 0 Å². The monoisotopic (exact) mass is 359 g/mol. The van der Waals surface area contributed by atoms with Gasteiger partial charge in [0.15, 0.2) is 0 Å². The number of hydrogen-bond acceptors (Lipinski definition) is 3. The van der Waals surface area contributed by atoms with Gasteiger partial charge in [-0.25, -0.2) is 19.6 Å². The van der Waals surface area contributed by atoms with Crippen LogP contribution in [0, 0.1) is 0 Å². The van der Waals surface area contributed by atoms with Crippen molar-refractivity contribution in [2.75, 3.05) is 13.1 Å². The first-order valence-electron chi connectivity index (χ1n) is 9.47. The molecule has 3 rings (SSSR count). The Morgan fingerprint density at radius 3 is 2.38 bits per heavy atom. The second-order valence-electron chi connectivity index (χ2n) is 8.06. The first kappa shape index (κ1) is 18.5. The molecule has 0 atom stereocenters. The number of rotatable bonds is 3. The molecule has 0 bridgehead atoms. The summed E-state index contributed by atoms with van der Waals surface area (Å²) >= 11 is 0. The molecule has 6 nitrogen and oxygen atoms in total. The summed E-state index contributed by atoms with van der Waals surface area (Å²) in [7, 11) is 0. The average molecular weight is 359 g/mol. The van der Waals surface area contributed by atoms with Crippen LogP contribution in [-0.2, 0) is 11.3 Å². The van der Waals surface area contributed by atoms with Crippen LogP contribution in [0.3, 0.4) is 0 Å². The molecule has 0 aromatic heterocycles. The van der Waals surface area contributed by atoms with Crippen molar-refractivity contribution < 1.29 is 14.3 Å². The number of benzene rings is 1. The number of carbonyl (C=O) groups excluding carboxylic acids is 2. The van der Waals surface area contributed by atoms with Gasteiger partial charge in [0, 0.05) is 12.6 Å². The molecule has 2 aliphatic rings. The normalized spacial score (nSPS) is 19.2. The van der Waals surface area contributed by atoms with Gasteiger partial charge in [-0.3, -0.25) is 0 Å². The van der Waals surface area contributed by atoms with Crippen molar-refractivity contribution >= 4 is 12.1 Å². The van der Waals surface area contributed by atoms with Crippen LogP contribution in [0.1, 0.15) is 52.0 Å². The molecule has 1 aromatic rings. The van der Waals surface area contributed by atoms with Gasteiger partial charge in [-0.2, -0.15) is 0 Å². The van der Waals surface area contributed by atoms with Crippen molar-refractivity contribution in [2.24, 2.45) is 0 Å². The van der Waals surface area contributed by atoms with Gasteiger partial charge >= 0.3 is 12.1 Å². The molecule has 1 saturated heterocycles. The van der Waals surface area contributed by atoms with E-state index < -0.39 is 11.7 Å². The van der Waals surface area contributed by atoms with Crippen LogP contribution in [0.25, 0.3) is 0 Å². The highest BCUT2D eigenvalue weighted by Crippen LogP contribution is 2.28. The van der Waals surface area contributed by atoms with E-state index in [1.807, 2.05) is 56.0 Å². The SMILES string of the molecule is CC(C)(C)OC(=O)N1CCN(C2CCCC2)C(=O)N1Cc1ccccc1. The van der Waals surface area contributed by atoms with Crippen LogP contribution in [0.5, 0.6) is 0 Å². The Balaban J connectivity index is 1.81. The first-order valence-corrected chi connectivity index (χ1v) is 9.47. The number of urea groups is 1. The molecule has 3 amide bonds. The van der Waals surface area contributed by atoms with E-state index in [0.717, 1.165) is 18.4 Å². The summed E-state index contributed by atoms with van der Waals surface area (Å²) in [6.07, 6.45) is 3.98. The van der Waals surface area contributed by atoms with Crippen LogP contribution in [0.15, 0.2) is 30.3 Å². The minimum absolute atomic E-state index is 0.0992. The van der Waals surface area contributed by atoms with Crippen molar-refractivity contribution in [2.45, 2.75) is 64.6 Å². The molecule has 1 heterocycles. The molecule has 0 spiro atoms. The fourth-order valence-electron chi connectivity index (χ4n) is 3.64. The Morgan fingerprint density at radius 1 is 1.12 bits per heavy atom. The van der Waals surface area contributed by atoms with Crippen LogP contribution < -0.4 is 0 Å². The molecule has 26 heavy (non-hydrogen) atoms. The summed E-state index contributed by atoms with van der Waals surface area (Å²) in [4.78, 5) is 27.8. The summed E-state index contributed by atoms with van der Waals surface area (Å²) < 4.78 is 5.53. The molecule has 6 heteroatoms. The zero-order chi connectivity index (χ0) is 18.7. The Labute approximate surface area is 155 Å². The minimum Gasteiger partial charge on any atom is -0.442 e. The van der Waals surface area contributed by atoms with E-state index in [9.17, 15) is 9.59 Å². The summed E-state index contributed by atoms with van der Waals surface area (Å²) in [6, 6.07) is 9.95. The van der Waals surface area contributed by atoms with Gasteiger partial charge in [-0.05, 0) is 39.2 Å². The van der Waals surface area contributed by atoms with E-state index in [-0.39, 0.29) is 6.03 Å². The van der Waals surface area contributed by atoms with Gasteiger partial charge in [-0.15, -0.1) is 0 Å². The topological polar surface area (TPSA) is 53.1 Å². The standard InChI is InChI=1S/C20H29N3O3/c1-20(2,3)26-19(25)22-14-13-21(17-11-7-8-12-17)18(24)23(22)15-16-9-5-4-6-10-16/h4-6,9-10,17H,7-8,11-15H2,1-3H3. The number of carbonyl (C=O) groups is 2. The van der Waals surface area contributed by atoms with Gasteiger partial charge in [0.25, 0.3) is 0 Å². The highest BCUT2D eigenvalue weighted by atomic mass is 16.6. The summed E-state index contributed by atoms with van der Waals surface area (Å²) in [5, 5.41) is 3.01. The molecule has 0 radical (unpaired) electrons. The number of amides is 3. The molecule has 142 valence electrons. The van der Waals surface area contributed by atoms with Gasteiger partial charge in [0.2, 0.25) is 0 Å². The van der Waals surface area contributed by atoms with Crippen molar-refractivity contribution in [1.82, 2.24) is 14.9 Å². The second-order valence-corrected chi connectivity index (χ2v) is 8.06. The van der Waals surface area contributed by atoms with E-state index in [1.165, 1.54) is 17.9 Å². The molecule has 1 aliphatic heterocycles. The zero-order valence-electron chi connectivity index (χ0n) is 16.0. The van der Waals surface area contributed by atoms with Gasteiger partial charge < -0.3 is 9.64 Å². The molecule has 0 N–H and O–H groups in total. The number of nitrogens with zero attached hydrogens (tertiary/aromatic N) is 3. The lowest BCUT2D eigenvalue weighted by atomic mass is 10.2. The molecule has 1 saturated carbocycles. The Kier molecular flexibility index (Phi) is 5.39. The van der Waals surface area contributed by atoms with E-state index in [0.29, 0.717) is 25.7 Å². The molecule has 2 fully saturated rings. The quantitative estimate of drug-likeness (QED) is 0.819. The maximum Gasteiger partial charge on any atom is 0.429 e. The van der Waals surface area contributed by atoms with Gasteiger partial charge in [0.05, 0.1) is 13.1 Å². The number of hydrazine groups is 1. The van der Waals surface area contributed by atoms with Gasteiger partial charge in [-0.1, -0.05) is 43.2 Å². The Morgan fingerprint density at radius 2 is 1.77 bits per heavy atom. The van der Waals surface area contributed by atoms with Crippen molar-refractivity contribution in [3.8, 4) is 0 Å². The van der Waals surface area contributed by atoms with E-state index in [1.54, 1.807) is 5.01 Å². The Hall–Kier alpha value is -2.24. The molecule has 0 unspecified atom stereocenters. The lowest BCUT2D eigenvalue weighted by Gasteiger charge is -2.45. The van der Waals surface area contributed by atoms with Crippen molar-refractivity contribution in [3.05, 3.63) is 35.9 Å². The highest BCUT2D eigenvalue weighted by molar-refractivity contribution is 5.79. The van der Waals surface area contributed by atoms with Crippen LogP contribution in [0.2, 0.25) is 0 Å². The number of ether oxygens (including phenoxy) is 1. The van der Waals surface area contributed by atoms with Crippen LogP contribution in [-0.4, -0.2) is 51.8 Å². The predicted molar refractivity (Wildman–Crippen MR) is 99.3 cm³/mol. The smallest absolute Gasteiger partial charge is 0.429 e. The molecule has 1 aliphatic carbocycles. The molecular formula is C20H29N3O3. The fourth-order valence-corrected chi connectivity index (χ4v) is 3.64. The van der Waals surface area contributed by atoms with Crippen molar-refractivity contribution in [3.63, 3.8) is 0 Å². The third-order valence-electron chi connectivity index (χ3n) is 4.86. The van der Waals surface area contributed by atoms with E-state index in [2.05, 4.69) is 0 Å². The summed E-state index contributed by atoms with van der Waals surface area (Å²) in [5.74, 6) is 0. The second kappa shape index (κ2) is 7.56. The maximum atomic E-state index is 13.2. The lowest BCUT2D eigenvalue weighted by Crippen LogP contribution is -2.63.